The van der Waals surface area contributed by atoms with E-state index in [-0.39, 0.29) is 5.75 Å². The predicted molar refractivity (Wildman–Crippen MR) is 89.1 cm³/mol. The van der Waals surface area contributed by atoms with Gasteiger partial charge >= 0.3 is 0 Å². The molecule has 0 heterocycles. The molecule has 118 valence electrons. The normalized spacial score (nSPS) is 16.3. The summed E-state index contributed by atoms with van der Waals surface area (Å²) < 4.78 is 25.0. The number of sulfone groups is 1. The highest BCUT2D eigenvalue weighted by Gasteiger charge is 2.27. The van der Waals surface area contributed by atoms with Gasteiger partial charge in [0.2, 0.25) is 0 Å². The zero-order valence-electron chi connectivity index (χ0n) is 12.6. The highest BCUT2D eigenvalue weighted by molar-refractivity contribution is 7.91. The van der Waals surface area contributed by atoms with Crippen LogP contribution in [-0.4, -0.2) is 32.6 Å². The van der Waals surface area contributed by atoms with Gasteiger partial charge in [-0.2, -0.15) is 0 Å². The first-order valence-electron chi connectivity index (χ1n) is 7.74. The number of anilines is 1. The number of halogens is 1. The van der Waals surface area contributed by atoms with Crippen molar-refractivity contribution in [2.75, 3.05) is 23.1 Å². The molecule has 0 radical (unpaired) electrons. The van der Waals surface area contributed by atoms with Crippen molar-refractivity contribution in [1.29, 1.82) is 0 Å². The molecule has 0 unspecified atom stereocenters. The Hall–Kier alpha value is -0.740. The molecular formula is C16H24ClNO2S. The summed E-state index contributed by atoms with van der Waals surface area (Å²) in [7, 11) is -3.22. The van der Waals surface area contributed by atoms with Gasteiger partial charge in [0.05, 0.1) is 16.3 Å². The lowest BCUT2D eigenvalue weighted by Crippen LogP contribution is -2.36. The van der Waals surface area contributed by atoms with Gasteiger partial charge in [-0.1, -0.05) is 31.9 Å². The molecule has 3 nitrogen and oxygen atoms in total. The topological polar surface area (TPSA) is 37.4 Å². The fraction of sp³-hybridized carbons (Fsp3) is 0.625. The number of alkyl halides is 1. The summed E-state index contributed by atoms with van der Waals surface area (Å²) in [6.45, 7) is 2.60. The molecule has 1 fully saturated rings. The van der Waals surface area contributed by atoms with Crippen molar-refractivity contribution in [3.63, 3.8) is 0 Å². The molecule has 21 heavy (non-hydrogen) atoms. The Morgan fingerprint density at radius 2 is 1.90 bits per heavy atom. The molecule has 1 aromatic carbocycles. The van der Waals surface area contributed by atoms with Gasteiger partial charge in [-0.05, 0) is 31.4 Å². The summed E-state index contributed by atoms with van der Waals surface area (Å²) in [4.78, 5) is 2.67. The summed E-state index contributed by atoms with van der Waals surface area (Å²) >= 11 is 5.96. The molecule has 1 aliphatic carbocycles. The van der Waals surface area contributed by atoms with Crippen molar-refractivity contribution in [1.82, 2.24) is 0 Å². The number of nitrogens with zero attached hydrogens (tertiary/aromatic N) is 1. The molecule has 0 saturated heterocycles. The lowest BCUT2D eigenvalue weighted by molar-refractivity contribution is 0.589. The molecule has 0 amide bonds. The smallest absolute Gasteiger partial charge is 0.180 e. The maximum absolute atomic E-state index is 12.5. The number of hydrogen-bond donors (Lipinski definition) is 0. The van der Waals surface area contributed by atoms with E-state index in [2.05, 4.69) is 4.90 Å². The molecule has 0 atom stereocenters. The van der Waals surface area contributed by atoms with Gasteiger partial charge < -0.3 is 4.90 Å². The van der Waals surface area contributed by atoms with Crippen LogP contribution in [0.25, 0.3) is 0 Å². The molecule has 0 aromatic heterocycles. The number of benzene rings is 1. The van der Waals surface area contributed by atoms with E-state index in [1.807, 2.05) is 19.1 Å². The standard InChI is InChI=1S/C16H24ClNO2S/c1-2-13-21(19,20)16-10-6-5-9-15(16)18(12-11-17)14-7-3-4-8-14/h5-6,9-10,14H,2-4,7-8,11-13H2,1H3. The largest absolute Gasteiger partial charge is 0.366 e. The third-order valence-electron chi connectivity index (χ3n) is 4.07. The van der Waals surface area contributed by atoms with E-state index >= 15 is 0 Å². The van der Waals surface area contributed by atoms with Crippen molar-refractivity contribution in [3.8, 4) is 0 Å². The lowest BCUT2D eigenvalue weighted by Gasteiger charge is -2.32. The summed E-state index contributed by atoms with van der Waals surface area (Å²) in [6, 6.07) is 7.79. The third kappa shape index (κ3) is 3.92. The average molecular weight is 330 g/mol. The Labute approximate surface area is 133 Å². The molecule has 5 heteroatoms. The maximum Gasteiger partial charge on any atom is 0.180 e. The fourth-order valence-corrected chi connectivity index (χ4v) is 4.87. The van der Waals surface area contributed by atoms with Crippen LogP contribution < -0.4 is 4.90 Å². The van der Waals surface area contributed by atoms with Gasteiger partial charge in [0.15, 0.2) is 9.84 Å². The van der Waals surface area contributed by atoms with Crippen LogP contribution in [0.4, 0.5) is 5.69 Å². The number of rotatable bonds is 7. The van der Waals surface area contributed by atoms with Gasteiger partial charge in [0, 0.05) is 18.5 Å². The quantitative estimate of drug-likeness (QED) is 0.713. The first kappa shape index (κ1) is 16.6. The van der Waals surface area contributed by atoms with Crippen molar-refractivity contribution in [2.24, 2.45) is 0 Å². The molecular weight excluding hydrogens is 306 g/mol. The summed E-state index contributed by atoms with van der Waals surface area (Å²) in [6.07, 6.45) is 5.31. The number of hydrogen-bond acceptors (Lipinski definition) is 3. The SMILES string of the molecule is CCCS(=O)(=O)c1ccccc1N(CCCl)C1CCCC1. The molecule has 1 aliphatic rings. The molecule has 1 saturated carbocycles. The predicted octanol–water partition coefficient (Wildman–Crippen LogP) is 3.86. The van der Waals surface area contributed by atoms with Crippen LogP contribution in [0.2, 0.25) is 0 Å². The highest BCUT2D eigenvalue weighted by atomic mass is 35.5. The van der Waals surface area contributed by atoms with Crippen LogP contribution in [0.3, 0.4) is 0 Å². The first-order chi connectivity index (χ1) is 10.1. The zero-order valence-corrected chi connectivity index (χ0v) is 14.2. The van der Waals surface area contributed by atoms with Gasteiger partial charge in [-0.15, -0.1) is 11.6 Å². The first-order valence-corrected chi connectivity index (χ1v) is 9.93. The van der Waals surface area contributed by atoms with Crippen LogP contribution in [-0.2, 0) is 9.84 Å². The van der Waals surface area contributed by atoms with Crippen LogP contribution >= 0.6 is 11.6 Å². The summed E-state index contributed by atoms with van der Waals surface area (Å²) in [5.74, 6) is 0.710. The summed E-state index contributed by atoms with van der Waals surface area (Å²) in [5.41, 5.74) is 0.832. The van der Waals surface area contributed by atoms with E-state index in [0.29, 0.717) is 29.8 Å². The average Bonchev–Trinajstić information content (AvgIpc) is 2.98. The summed E-state index contributed by atoms with van der Waals surface area (Å²) in [5, 5.41) is 0. The Kier molecular flexibility index (Phi) is 5.94. The second kappa shape index (κ2) is 7.50. The van der Waals surface area contributed by atoms with Gasteiger partial charge in [0.25, 0.3) is 0 Å². The number of para-hydroxylation sites is 1. The second-order valence-electron chi connectivity index (χ2n) is 5.61. The third-order valence-corrected chi connectivity index (χ3v) is 6.20. The minimum absolute atomic E-state index is 0.198. The van der Waals surface area contributed by atoms with Gasteiger partial charge in [-0.3, -0.25) is 0 Å². The van der Waals surface area contributed by atoms with E-state index in [4.69, 9.17) is 11.6 Å². The van der Waals surface area contributed by atoms with Crippen LogP contribution in [0.1, 0.15) is 39.0 Å². The van der Waals surface area contributed by atoms with Crippen molar-refractivity contribution < 1.29 is 8.42 Å². The molecule has 0 spiro atoms. The fourth-order valence-electron chi connectivity index (χ4n) is 3.14. The Morgan fingerprint density at radius 1 is 1.24 bits per heavy atom. The maximum atomic E-state index is 12.5. The van der Waals surface area contributed by atoms with Crippen molar-refractivity contribution in [3.05, 3.63) is 24.3 Å². The minimum Gasteiger partial charge on any atom is -0.366 e. The van der Waals surface area contributed by atoms with Crippen molar-refractivity contribution >= 4 is 27.1 Å². The van der Waals surface area contributed by atoms with E-state index in [0.717, 1.165) is 18.5 Å². The van der Waals surface area contributed by atoms with Gasteiger partial charge in [0.1, 0.15) is 0 Å². The minimum atomic E-state index is -3.22. The molecule has 0 bridgehead atoms. The van der Waals surface area contributed by atoms with Crippen LogP contribution in [0, 0.1) is 0 Å². The van der Waals surface area contributed by atoms with Crippen LogP contribution in [0.15, 0.2) is 29.2 Å². The van der Waals surface area contributed by atoms with E-state index in [9.17, 15) is 8.42 Å². The molecule has 1 aromatic rings. The van der Waals surface area contributed by atoms with E-state index < -0.39 is 9.84 Å². The Morgan fingerprint density at radius 3 is 2.52 bits per heavy atom. The van der Waals surface area contributed by atoms with Gasteiger partial charge in [-0.25, -0.2) is 8.42 Å². The molecule has 0 N–H and O–H groups in total. The zero-order chi connectivity index (χ0) is 15.3. The molecule has 2 rings (SSSR count). The van der Waals surface area contributed by atoms with Crippen LogP contribution in [0.5, 0.6) is 0 Å². The van der Waals surface area contributed by atoms with E-state index in [1.54, 1.807) is 12.1 Å². The Balaban J connectivity index is 2.40. The lowest BCUT2D eigenvalue weighted by atomic mass is 10.1. The second-order valence-corrected chi connectivity index (χ2v) is 8.06. The monoisotopic (exact) mass is 329 g/mol. The Bertz CT molecular complexity index is 553. The highest BCUT2D eigenvalue weighted by Crippen LogP contribution is 2.33. The molecule has 0 aliphatic heterocycles. The van der Waals surface area contributed by atoms with Crippen molar-refractivity contribution in [2.45, 2.75) is 50.0 Å². The van der Waals surface area contributed by atoms with E-state index in [1.165, 1.54) is 12.8 Å².